The Morgan fingerprint density at radius 1 is 0.600 bits per heavy atom. The summed E-state index contributed by atoms with van der Waals surface area (Å²) in [5, 5.41) is 25.9. The van der Waals surface area contributed by atoms with Crippen LogP contribution < -0.4 is 10.6 Å². The Morgan fingerprint density at radius 3 is 1.18 bits per heavy atom. The molecular formula is C38H52N6O6. The number of carbonyl (C=O) groups excluding carboxylic acids is 2. The van der Waals surface area contributed by atoms with Crippen molar-refractivity contribution < 1.29 is 29.3 Å². The summed E-state index contributed by atoms with van der Waals surface area (Å²) in [5.41, 5.74) is 2.43. The van der Waals surface area contributed by atoms with Gasteiger partial charge in [-0.05, 0) is 52.7 Å². The SMILES string of the molecule is CC(C)(C)OC(=O)N[C@H](c1nc(-c2ccc(-c3ccc(-c4c[nH]c([C@@H](NC(=O)OC(C)(C)C)C(C)(C)CO)n4)cc3)cc2)c[nH]1)C(C)(C)CO. The molecule has 2 heterocycles. The summed E-state index contributed by atoms with van der Waals surface area (Å²) in [7, 11) is 0. The molecule has 2 amide bonds. The van der Waals surface area contributed by atoms with Gasteiger partial charge in [-0.1, -0.05) is 76.2 Å². The lowest BCUT2D eigenvalue weighted by Crippen LogP contribution is -2.42. The number of aliphatic hydroxyl groups is 2. The predicted molar refractivity (Wildman–Crippen MR) is 193 cm³/mol. The van der Waals surface area contributed by atoms with Crippen molar-refractivity contribution in [3.63, 3.8) is 0 Å². The monoisotopic (exact) mass is 688 g/mol. The molecule has 0 aliphatic carbocycles. The Morgan fingerprint density at radius 2 is 0.900 bits per heavy atom. The van der Waals surface area contributed by atoms with Gasteiger partial charge >= 0.3 is 12.2 Å². The van der Waals surface area contributed by atoms with Gasteiger partial charge < -0.3 is 40.3 Å². The first-order valence-corrected chi connectivity index (χ1v) is 16.7. The van der Waals surface area contributed by atoms with Gasteiger partial charge in [0.1, 0.15) is 22.9 Å². The van der Waals surface area contributed by atoms with Gasteiger partial charge in [-0.25, -0.2) is 19.6 Å². The minimum atomic E-state index is -0.714. The lowest BCUT2D eigenvalue weighted by molar-refractivity contribution is 0.0388. The molecule has 0 saturated carbocycles. The number of aromatic nitrogens is 4. The van der Waals surface area contributed by atoms with E-state index in [2.05, 4.69) is 20.6 Å². The van der Waals surface area contributed by atoms with Gasteiger partial charge in [-0.3, -0.25) is 0 Å². The van der Waals surface area contributed by atoms with Crippen molar-refractivity contribution in [3.8, 4) is 33.6 Å². The highest BCUT2D eigenvalue weighted by Gasteiger charge is 2.36. The second-order valence-corrected chi connectivity index (χ2v) is 15.9. The number of aliphatic hydroxyl groups excluding tert-OH is 2. The summed E-state index contributed by atoms with van der Waals surface area (Å²) in [6.45, 7) is 17.8. The molecule has 12 nitrogen and oxygen atoms in total. The van der Waals surface area contributed by atoms with Gasteiger partial charge in [0, 0.05) is 34.4 Å². The van der Waals surface area contributed by atoms with E-state index in [-0.39, 0.29) is 13.2 Å². The Bertz CT molecular complexity index is 1610. The van der Waals surface area contributed by atoms with Gasteiger partial charge in [-0.15, -0.1) is 0 Å². The maximum absolute atomic E-state index is 12.6. The zero-order valence-corrected chi connectivity index (χ0v) is 30.8. The average molecular weight is 689 g/mol. The second kappa shape index (κ2) is 14.7. The van der Waals surface area contributed by atoms with Crippen LogP contribution in [0.5, 0.6) is 0 Å². The first-order chi connectivity index (χ1) is 23.2. The van der Waals surface area contributed by atoms with Crippen molar-refractivity contribution in [3.05, 3.63) is 72.6 Å². The van der Waals surface area contributed by atoms with Crippen LogP contribution in [-0.4, -0.2) is 66.8 Å². The van der Waals surface area contributed by atoms with Gasteiger partial charge in [0.25, 0.3) is 0 Å². The van der Waals surface area contributed by atoms with E-state index in [1.807, 2.05) is 76.2 Å². The summed E-state index contributed by atoms with van der Waals surface area (Å²) in [6.07, 6.45) is 2.39. The summed E-state index contributed by atoms with van der Waals surface area (Å²) >= 11 is 0. The number of amides is 2. The molecule has 0 bridgehead atoms. The number of rotatable bonds is 11. The fourth-order valence-corrected chi connectivity index (χ4v) is 5.23. The quantitative estimate of drug-likeness (QED) is 0.0952. The first-order valence-electron chi connectivity index (χ1n) is 16.7. The van der Waals surface area contributed by atoms with E-state index in [0.29, 0.717) is 23.0 Å². The number of imidazole rings is 2. The molecule has 0 radical (unpaired) electrons. The van der Waals surface area contributed by atoms with Crippen LogP contribution in [0.2, 0.25) is 0 Å². The first kappa shape index (κ1) is 38.1. The van der Waals surface area contributed by atoms with Crippen molar-refractivity contribution in [1.29, 1.82) is 0 Å². The molecular weight excluding hydrogens is 636 g/mol. The molecule has 4 aromatic rings. The molecule has 0 fully saturated rings. The maximum Gasteiger partial charge on any atom is 0.408 e. The van der Waals surface area contributed by atoms with Crippen molar-refractivity contribution in [2.45, 2.75) is 92.5 Å². The predicted octanol–water partition coefficient (Wildman–Crippen LogP) is 7.30. The van der Waals surface area contributed by atoms with E-state index in [9.17, 15) is 19.8 Å². The molecule has 12 heteroatoms. The van der Waals surface area contributed by atoms with E-state index in [1.165, 1.54) is 0 Å². The highest BCUT2D eigenvalue weighted by molar-refractivity contribution is 5.72. The highest BCUT2D eigenvalue weighted by atomic mass is 16.6. The van der Waals surface area contributed by atoms with Crippen LogP contribution >= 0.6 is 0 Å². The molecule has 270 valence electrons. The van der Waals surface area contributed by atoms with Crippen molar-refractivity contribution in [2.24, 2.45) is 10.8 Å². The van der Waals surface area contributed by atoms with Crippen LogP contribution in [0.1, 0.15) is 93.0 Å². The average Bonchev–Trinajstić information content (AvgIpc) is 3.72. The van der Waals surface area contributed by atoms with Crippen molar-refractivity contribution in [1.82, 2.24) is 30.6 Å². The minimum absolute atomic E-state index is 0.175. The molecule has 6 N–H and O–H groups in total. The summed E-state index contributed by atoms with van der Waals surface area (Å²) in [5.74, 6) is 1.02. The number of hydrogen-bond donors (Lipinski definition) is 6. The molecule has 0 aliphatic rings. The fourth-order valence-electron chi connectivity index (χ4n) is 5.23. The number of hydrogen-bond acceptors (Lipinski definition) is 8. The van der Waals surface area contributed by atoms with Crippen LogP contribution in [0.3, 0.4) is 0 Å². The van der Waals surface area contributed by atoms with Gasteiger partial charge in [0.2, 0.25) is 0 Å². The Balaban J connectivity index is 1.50. The topological polar surface area (TPSA) is 174 Å². The number of aromatic amines is 2. The van der Waals surface area contributed by atoms with E-state index < -0.39 is 46.3 Å². The third-order valence-corrected chi connectivity index (χ3v) is 8.14. The van der Waals surface area contributed by atoms with E-state index >= 15 is 0 Å². The van der Waals surface area contributed by atoms with Crippen LogP contribution in [0.25, 0.3) is 33.6 Å². The molecule has 0 unspecified atom stereocenters. The van der Waals surface area contributed by atoms with Gasteiger partial charge in [0.15, 0.2) is 0 Å². The maximum atomic E-state index is 12.6. The van der Waals surface area contributed by atoms with E-state index in [0.717, 1.165) is 22.3 Å². The summed E-state index contributed by atoms with van der Waals surface area (Å²) < 4.78 is 10.9. The van der Waals surface area contributed by atoms with E-state index in [4.69, 9.17) is 19.4 Å². The van der Waals surface area contributed by atoms with Crippen LogP contribution in [0, 0.1) is 10.8 Å². The second-order valence-electron chi connectivity index (χ2n) is 15.9. The van der Waals surface area contributed by atoms with Crippen LogP contribution in [0.4, 0.5) is 9.59 Å². The Kier molecular flexibility index (Phi) is 11.2. The summed E-state index contributed by atoms with van der Waals surface area (Å²) in [6, 6.07) is 14.8. The standard InChI is InChI=1S/C38H52N6O6/c1-35(2,3)49-33(47)43-29(37(7,8)21-45)31-39-19-27(41-31)25-15-11-23(12-16-25)24-13-17-26(18-14-24)28-20-40-32(42-28)30(38(9,10)22-46)44-34(48)50-36(4,5)6/h11-20,29-30,45-46H,21-22H2,1-10H3,(H,39,41)(H,40,42)(H,43,47)(H,44,48)/t29-,30-/m1/s1. The normalized spacial score (nSPS) is 13.8. The molecule has 2 aromatic carbocycles. The zero-order chi connectivity index (χ0) is 37.1. The van der Waals surface area contributed by atoms with Crippen molar-refractivity contribution in [2.75, 3.05) is 13.2 Å². The van der Waals surface area contributed by atoms with Gasteiger partial charge in [0.05, 0.1) is 36.7 Å². The fraction of sp³-hybridized carbons (Fsp3) is 0.474. The molecule has 4 rings (SSSR count). The Hall–Kier alpha value is -4.68. The number of H-pyrrole nitrogens is 2. The largest absolute Gasteiger partial charge is 0.444 e. The van der Waals surface area contributed by atoms with Crippen molar-refractivity contribution >= 4 is 12.2 Å². The molecule has 0 aliphatic heterocycles. The highest BCUT2D eigenvalue weighted by Crippen LogP contribution is 2.35. The number of nitrogens with zero attached hydrogens (tertiary/aromatic N) is 2. The number of nitrogens with one attached hydrogen (secondary N) is 4. The third kappa shape index (κ3) is 9.72. The van der Waals surface area contributed by atoms with E-state index in [1.54, 1.807) is 53.9 Å². The van der Waals surface area contributed by atoms with Crippen LogP contribution in [0.15, 0.2) is 60.9 Å². The number of ether oxygens (including phenoxy) is 2. The lowest BCUT2D eigenvalue weighted by atomic mass is 9.85. The number of benzene rings is 2. The molecule has 0 spiro atoms. The van der Waals surface area contributed by atoms with Gasteiger partial charge in [-0.2, -0.15) is 0 Å². The summed E-state index contributed by atoms with van der Waals surface area (Å²) in [4.78, 5) is 41.1. The molecule has 50 heavy (non-hydrogen) atoms. The lowest BCUT2D eigenvalue weighted by Gasteiger charge is -2.32. The van der Waals surface area contributed by atoms with Crippen LogP contribution in [-0.2, 0) is 9.47 Å². The molecule has 2 aromatic heterocycles. The Labute approximate surface area is 294 Å². The smallest absolute Gasteiger partial charge is 0.408 e. The molecule has 2 atom stereocenters. The third-order valence-electron chi connectivity index (χ3n) is 8.14. The molecule has 0 saturated heterocycles. The zero-order valence-electron chi connectivity index (χ0n) is 30.8. The number of carbonyl (C=O) groups is 2. The number of alkyl carbamates (subject to hydrolysis) is 2. The minimum Gasteiger partial charge on any atom is -0.444 e.